The topological polar surface area (TPSA) is 50.9 Å². The minimum atomic E-state index is 0.0651. The monoisotopic (exact) mass is 203 g/mol. The van der Waals surface area contributed by atoms with E-state index in [0.29, 0.717) is 0 Å². The first kappa shape index (κ1) is 9.86. The Morgan fingerprint density at radius 3 is 2.33 bits per heavy atom. The van der Waals surface area contributed by atoms with Crippen molar-refractivity contribution in [1.29, 1.82) is 0 Å². The van der Waals surface area contributed by atoms with E-state index >= 15 is 0 Å². The third kappa shape index (κ3) is 1.76. The second kappa shape index (κ2) is 3.82. The average Bonchev–Trinajstić information content (AvgIpc) is 2.60. The molecule has 0 spiro atoms. The van der Waals surface area contributed by atoms with Crippen LogP contribution in [0.2, 0.25) is 0 Å². The Kier molecular flexibility index (Phi) is 2.51. The Hall–Kier alpha value is -1.68. The molecule has 4 heteroatoms. The lowest BCUT2D eigenvalue weighted by Gasteiger charge is -2.03. The largest absolute Gasteiger partial charge is 0.392 e. The van der Waals surface area contributed by atoms with Crippen molar-refractivity contribution in [3.63, 3.8) is 0 Å². The van der Waals surface area contributed by atoms with Crippen LogP contribution in [0.15, 0.2) is 24.3 Å². The van der Waals surface area contributed by atoms with Gasteiger partial charge in [0.1, 0.15) is 0 Å². The van der Waals surface area contributed by atoms with Crippen LogP contribution in [0.25, 0.3) is 5.69 Å². The SMILES string of the molecule is Cc1nnn(-c2ccc(CO)cc2)c1C. The van der Waals surface area contributed by atoms with Crippen molar-refractivity contribution in [3.8, 4) is 5.69 Å². The van der Waals surface area contributed by atoms with E-state index in [4.69, 9.17) is 5.11 Å². The van der Waals surface area contributed by atoms with Crippen LogP contribution >= 0.6 is 0 Å². The number of aliphatic hydroxyl groups excluding tert-OH is 1. The molecular weight excluding hydrogens is 190 g/mol. The van der Waals surface area contributed by atoms with Gasteiger partial charge in [0.25, 0.3) is 0 Å². The fraction of sp³-hybridized carbons (Fsp3) is 0.273. The van der Waals surface area contributed by atoms with Crippen LogP contribution in [0, 0.1) is 13.8 Å². The Morgan fingerprint density at radius 2 is 1.87 bits per heavy atom. The normalized spacial score (nSPS) is 10.6. The van der Waals surface area contributed by atoms with Crippen LogP contribution < -0.4 is 0 Å². The van der Waals surface area contributed by atoms with Gasteiger partial charge < -0.3 is 5.11 Å². The highest BCUT2D eigenvalue weighted by Crippen LogP contribution is 2.12. The molecule has 2 aromatic rings. The Labute approximate surface area is 88.2 Å². The fourth-order valence-electron chi connectivity index (χ4n) is 1.39. The molecule has 4 nitrogen and oxygen atoms in total. The zero-order valence-corrected chi connectivity index (χ0v) is 8.81. The molecule has 0 bridgehead atoms. The van der Waals surface area contributed by atoms with E-state index < -0.39 is 0 Å². The van der Waals surface area contributed by atoms with Crippen LogP contribution in [-0.2, 0) is 6.61 Å². The van der Waals surface area contributed by atoms with Gasteiger partial charge in [0, 0.05) is 0 Å². The first-order chi connectivity index (χ1) is 7.22. The molecule has 1 N–H and O–H groups in total. The first-order valence-electron chi connectivity index (χ1n) is 4.81. The molecule has 0 aliphatic rings. The van der Waals surface area contributed by atoms with E-state index in [1.54, 1.807) is 4.68 Å². The average molecular weight is 203 g/mol. The molecule has 1 aromatic carbocycles. The molecule has 0 saturated heterocycles. The Balaban J connectivity index is 2.41. The van der Waals surface area contributed by atoms with Gasteiger partial charge in [-0.2, -0.15) is 0 Å². The molecule has 0 unspecified atom stereocenters. The highest BCUT2D eigenvalue weighted by molar-refractivity contribution is 5.35. The van der Waals surface area contributed by atoms with Gasteiger partial charge in [-0.3, -0.25) is 0 Å². The molecule has 15 heavy (non-hydrogen) atoms. The number of rotatable bonds is 2. The van der Waals surface area contributed by atoms with Crippen molar-refractivity contribution in [2.75, 3.05) is 0 Å². The zero-order chi connectivity index (χ0) is 10.8. The number of hydrogen-bond acceptors (Lipinski definition) is 3. The standard InChI is InChI=1S/C11H13N3O/c1-8-9(2)14(13-12-8)11-5-3-10(7-15)4-6-11/h3-6,15H,7H2,1-2H3. The molecule has 0 saturated carbocycles. The van der Waals surface area contributed by atoms with Gasteiger partial charge in [-0.25, -0.2) is 4.68 Å². The van der Waals surface area contributed by atoms with Gasteiger partial charge in [-0.05, 0) is 31.5 Å². The number of aryl methyl sites for hydroxylation is 1. The number of aliphatic hydroxyl groups is 1. The van der Waals surface area contributed by atoms with Crippen molar-refractivity contribution >= 4 is 0 Å². The Bertz CT molecular complexity index is 459. The van der Waals surface area contributed by atoms with E-state index in [1.165, 1.54) is 0 Å². The molecule has 1 heterocycles. The highest BCUT2D eigenvalue weighted by atomic mass is 16.3. The predicted octanol–water partition coefficient (Wildman–Crippen LogP) is 1.38. The van der Waals surface area contributed by atoms with Crippen molar-refractivity contribution < 1.29 is 5.11 Å². The zero-order valence-electron chi connectivity index (χ0n) is 8.81. The lowest BCUT2D eigenvalue weighted by molar-refractivity contribution is 0.282. The number of benzene rings is 1. The number of nitrogens with zero attached hydrogens (tertiary/aromatic N) is 3. The molecular formula is C11H13N3O. The quantitative estimate of drug-likeness (QED) is 0.802. The molecule has 1 aromatic heterocycles. The summed E-state index contributed by atoms with van der Waals surface area (Å²) in [4.78, 5) is 0. The summed E-state index contributed by atoms with van der Waals surface area (Å²) in [5.41, 5.74) is 3.83. The maximum atomic E-state index is 8.92. The highest BCUT2D eigenvalue weighted by Gasteiger charge is 2.05. The number of hydrogen-bond donors (Lipinski definition) is 1. The van der Waals surface area contributed by atoms with E-state index in [-0.39, 0.29) is 6.61 Å². The Morgan fingerprint density at radius 1 is 1.20 bits per heavy atom. The van der Waals surface area contributed by atoms with Crippen LogP contribution in [0.5, 0.6) is 0 Å². The molecule has 0 aliphatic carbocycles. The minimum absolute atomic E-state index is 0.0651. The van der Waals surface area contributed by atoms with Crippen molar-refractivity contribution in [3.05, 3.63) is 41.2 Å². The second-order valence-corrected chi connectivity index (χ2v) is 3.50. The van der Waals surface area contributed by atoms with Crippen molar-refractivity contribution in [2.45, 2.75) is 20.5 Å². The summed E-state index contributed by atoms with van der Waals surface area (Å²) in [5, 5.41) is 17.0. The first-order valence-corrected chi connectivity index (χ1v) is 4.81. The maximum absolute atomic E-state index is 8.92. The summed E-state index contributed by atoms with van der Waals surface area (Å²) in [6.07, 6.45) is 0. The van der Waals surface area contributed by atoms with Crippen LogP contribution in [0.3, 0.4) is 0 Å². The van der Waals surface area contributed by atoms with Crippen LogP contribution in [0.4, 0.5) is 0 Å². The lowest BCUT2D eigenvalue weighted by Crippen LogP contribution is -1.99. The third-order valence-corrected chi connectivity index (χ3v) is 2.49. The van der Waals surface area contributed by atoms with E-state index in [9.17, 15) is 0 Å². The van der Waals surface area contributed by atoms with Gasteiger partial charge in [0.15, 0.2) is 0 Å². The molecule has 0 atom stereocenters. The van der Waals surface area contributed by atoms with Gasteiger partial charge in [-0.15, -0.1) is 5.10 Å². The summed E-state index contributed by atoms with van der Waals surface area (Å²) in [6, 6.07) is 7.61. The summed E-state index contributed by atoms with van der Waals surface area (Å²) in [6.45, 7) is 3.98. The second-order valence-electron chi connectivity index (χ2n) is 3.50. The van der Waals surface area contributed by atoms with Crippen molar-refractivity contribution in [1.82, 2.24) is 15.0 Å². The van der Waals surface area contributed by atoms with Gasteiger partial charge in [0.2, 0.25) is 0 Å². The lowest BCUT2D eigenvalue weighted by atomic mass is 10.2. The van der Waals surface area contributed by atoms with Crippen molar-refractivity contribution in [2.24, 2.45) is 0 Å². The minimum Gasteiger partial charge on any atom is -0.392 e. The van der Waals surface area contributed by atoms with Gasteiger partial charge in [-0.1, -0.05) is 17.3 Å². The van der Waals surface area contributed by atoms with Crippen LogP contribution in [0.1, 0.15) is 17.0 Å². The van der Waals surface area contributed by atoms with Crippen LogP contribution in [-0.4, -0.2) is 20.1 Å². The molecule has 0 radical (unpaired) electrons. The summed E-state index contributed by atoms with van der Waals surface area (Å²) in [7, 11) is 0. The third-order valence-electron chi connectivity index (χ3n) is 2.49. The summed E-state index contributed by atoms with van der Waals surface area (Å²) < 4.78 is 1.79. The maximum Gasteiger partial charge on any atom is 0.0830 e. The molecule has 0 fully saturated rings. The molecule has 0 aliphatic heterocycles. The fourth-order valence-corrected chi connectivity index (χ4v) is 1.39. The molecule has 2 rings (SSSR count). The summed E-state index contributed by atoms with van der Waals surface area (Å²) >= 11 is 0. The summed E-state index contributed by atoms with van der Waals surface area (Å²) in [5.74, 6) is 0. The van der Waals surface area contributed by atoms with E-state index in [1.807, 2.05) is 38.1 Å². The van der Waals surface area contributed by atoms with E-state index in [2.05, 4.69) is 10.3 Å². The van der Waals surface area contributed by atoms with E-state index in [0.717, 1.165) is 22.6 Å². The number of aromatic nitrogens is 3. The predicted molar refractivity (Wildman–Crippen MR) is 56.8 cm³/mol. The molecule has 78 valence electrons. The molecule has 0 amide bonds. The van der Waals surface area contributed by atoms with Gasteiger partial charge >= 0.3 is 0 Å². The smallest absolute Gasteiger partial charge is 0.0830 e. The van der Waals surface area contributed by atoms with Gasteiger partial charge in [0.05, 0.1) is 23.7 Å².